The number of rotatable bonds is 9. The summed E-state index contributed by atoms with van der Waals surface area (Å²) in [6.07, 6.45) is -0.275. The summed E-state index contributed by atoms with van der Waals surface area (Å²) in [6.45, 7) is -0.486. The number of benzene rings is 3. The first-order chi connectivity index (χ1) is 16.3. The fourth-order valence-electron chi connectivity index (χ4n) is 2.70. The first kappa shape index (κ1) is 25.6. The van der Waals surface area contributed by atoms with Crippen molar-refractivity contribution in [2.24, 2.45) is 0 Å². The Morgan fingerprint density at radius 1 is 0.824 bits per heavy atom. The van der Waals surface area contributed by atoms with Gasteiger partial charge in [0.2, 0.25) is 5.91 Å². The monoisotopic (exact) mass is 564 g/mol. The second-order valence-electron chi connectivity index (χ2n) is 6.94. The zero-order chi connectivity index (χ0) is 24.5. The second-order valence-corrected chi connectivity index (χ2v) is 8.67. The summed E-state index contributed by atoms with van der Waals surface area (Å²) in [7, 11) is 0. The van der Waals surface area contributed by atoms with Gasteiger partial charge in [-0.15, -0.1) is 0 Å². The highest BCUT2D eigenvalue weighted by Gasteiger charge is 2.12. The number of ether oxygens (including phenoxy) is 2. The van der Waals surface area contributed by atoms with Crippen molar-refractivity contribution in [2.75, 3.05) is 17.2 Å². The maximum Gasteiger partial charge on any atom is 0.306 e. The molecular weight excluding hydrogens is 547 g/mol. The maximum atomic E-state index is 12.1. The average Bonchev–Trinajstić information content (AvgIpc) is 2.81. The molecule has 0 aliphatic carbocycles. The SMILES string of the molecule is O=C(CCC(=O)OCC(=O)Nc1ccc(Br)cc1Cl)Nc1ccc(Oc2ccccc2Cl)cc1. The van der Waals surface area contributed by atoms with Crippen LogP contribution in [0.4, 0.5) is 11.4 Å². The van der Waals surface area contributed by atoms with E-state index < -0.39 is 18.5 Å². The zero-order valence-corrected chi connectivity index (χ0v) is 20.7. The summed E-state index contributed by atoms with van der Waals surface area (Å²) < 4.78 is 11.4. The molecule has 0 aliphatic heterocycles. The molecule has 0 fully saturated rings. The lowest BCUT2D eigenvalue weighted by Gasteiger charge is -2.09. The van der Waals surface area contributed by atoms with Gasteiger partial charge in [-0.25, -0.2) is 0 Å². The van der Waals surface area contributed by atoms with E-state index in [1.165, 1.54) is 0 Å². The third-order valence-corrected chi connectivity index (χ3v) is 5.45. The lowest BCUT2D eigenvalue weighted by atomic mass is 10.2. The van der Waals surface area contributed by atoms with Gasteiger partial charge in [0.25, 0.3) is 5.91 Å². The van der Waals surface area contributed by atoms with Gasteiger partial charge in [-0.05, 0) is 54.6 Å². The van der Waals surface area contributed by atoms with E-state index >= 15 is 0 Å². The highest BCUT2D eigenvalue weighted by atomic mass is 79.9. The van der Waals surface area contributed by atoms with E-state index in [4.69, 9.17) is 32.7 Å². The van der Waals surface area contributed by atoms with Gasteiger partial charge in [-0.3, -0.25) is 14.4 Å². The lowest BCUT2D eigenvalue weighted by molar-refractivity contribution is -0.147. The molecule has 0 heterocycles. The number of hydrogen-bond acceptors (Lipinski definition) is 5. The first-order valence-corrected chi connectivity index (χ1v) is 11.6. The number of carbonyl (C=O) groups is 3. The van der Waals surface area contributed by atoms with E-state index in [2.05, 4.69) is 26.6 Å². The summed E-state index contributed by atoms with van der Waals surface area (Å²) in [5.41, 5.74) is 0.934. The van der Waals surface area contributed by atoms with Crippen LogP contribution in [-0.2, 0) is 19.1 Å². The van der Waals surface area contributed by atoms with Crippen molar-refractivity contribution in [3.63, 3.8) is 0 Å². The summed E-state index contributed by atoms with van der Waals surface area (Å²) in [4.78, 5) is 35.9. The van der Waals surface area contributed by atoms with Crippen LogP contribution in [0.5, 0.6) is 11.5 Å². The molecule has 0 radical (unpaired) electrons. The Morgan fingerprint density at radius 2 is 1.56 bits per heavy atom. The predicted molar refractivity (Wildman–Crippen MR) is 135 cm³/mol. The molecule has 10 heteroatoms. The van der Waals surface area contributed by atoms with Crippen molar-refractivity contribution >= 4 is 68.3 Å². The van der Waals surface area contributed by atoms with Crippen molar-refractivity contribution in [2.45, 2.75) is 12.8 Å². The van der Waals surface area contributed by atoms with Gasteiger partial charge in [-0.1, -0.05) is 51.3 Å². The number of hydrogen-bond donors (Lipinski definition) is 2. The Labute approximate surface area is 214 Å². The van der Waals surface area contributed by atoms with Crippen LogP contribution < -0.4 is 15.4 Å². The molecule has 34 heavy (non-hydrogen) atoms. The summed E-state index contributed by atoms with van der Waals surface area (Å²) in [6, 6.07) is 18.7. The van der Waals surface area contributed by atoms with Crippen LogP contribution >= 0.6 is 39.1 Å². The van der Waals surface area contributed by atoms with Crippen LogP contribution in [0.25, 0.3) is 0 Å². The van der Waals surface area contributed by atoms with Crippen LogP contribution in [0.3, 0.4) is 0 Å². The molecule has 3 rings (SSSR count). The van der Waals surface area contributed by atoms with E-state index in [9.17, 15) is 14.4 Å². The molecule has 0 saturated heterocycles. The van der Waals surface area contributed by atoms with E-state index in [0.717, 1.165) is 4.47 Å². The third kappa shape index (κ3) is 8.06. The molecule has 0 aliphatic rings. The standard InChI is InChI=1S/C24H19BrCl2N2O5/c25-15-5-10-20(19(27)13-15)29-23(31)14-33-24(32)12-11-22(30)28-16-6-8-17(9-7-16)34-21-4-2-1-3-18(21)26/h1-10,13H,11-12,14H2,(H,28,30)(H,29,31). The number of nitrogens with one attached hydrogen (secondary N) is 2. The number of amides is 2. The Balaban J connectivity index is 1.38. The fourth-order valence-corrected chi connectivity index (χ4v) is 3.59. The Morgan fingerprint density at radius 3 is 2.26 bits per heavy atom. The molecule has 0 atom stereocenters. The lowest BCUT2D eigenvalue weighted by Crippen LogP contribution is -2.22. The van der Waals surface area contributed by atoms with E-state index in [1.54, 1.807) is 60.7 Å². The number of halogens is 3. The second kappa shape index (κ2) is 12.4. The molecule has 0 aromatic heterocycles. The molecule has 3 aromatic carbocycles. The minimum atomic E-state index is -0.671. The van der Waals surface area contributed by atoms with Gasteiger partial charge in [0.15, 0.2) is 6.61 Å². The molecule has 3 aromatic rings. The van der Waals surface area contributed by atoms with Crippen LogP contribution in [-0.4, -0.2) is 24.4 Å². The van der Waals surface area contributed by atoms with Gasteiger partial charge >= 0.3 is 5.97 Å². The molecule has 0 saturated carbocycles. The van der Waals surface area contributed by atoms with E-state index in [1.807, 2.05) is 6.07 Å². The van der Waals surface area contributed by atoms with Gasteiger partial charge in [0.05, 0.1) is 22.2 Å². The van der Waals surface area contributed by atoms with Crippen molar-refractivity contribution < 1.29 is 23.9 Å². The molecule has 0 unspecified atom stereocenters. The summed E-state index contributed by atoms with van der Waals surface area (Å²) >= 11 is 15.4. The molecule has 2 N–H and O–H groups in total. The molecule has 176 valence electrons. The van der Waals surface area contributed by atoms with Crippen molar-refractivity contribution in [3.05, 3.63) is 81.2 Å². The Bertz CT molecular complexity index is 1190. The third-order valence-electron chi connectivity index (χ3n) is 4.33. The van der Waals surface area contributed by atoms with Crippen molar-refractivity contribution in [1.29, 1.82) is 0 Å². The summed E-state index contributed by atoms with van der Waals surface area (Å²) in [5.74, 6) is -0.509. The highest BCUT2D eigenvalue weighted by Crippen LogP contribution is 2.29. The molecule has 0 spiro atoms. The molecule has 7 nitrogen and oxygen atoms in total. The normalized spacial score (nSPS) is 10.3. The quantitative estimate of drug-likeness (QED) is 0.291. The van der Waals surface area contributed by atoms with Crippen LogP contribution in [0.2, 0.25) is 10.0 Å². The van der Waals surface area contributed by atoms with Crippen LogP contribution in [0, 0.1) is 0 Å². The number of carbonyl (C=O) groups excluding carboxylic acids is 3. The first-order valence-electron chi connectivity index (χ1n) is 10.0. The topological polar surface area (TPSA) is 93.7 Å². The van der Waals surface area contributed by atoms with Crippen LogP contribution in [0.15, 0.2) is 71.2 Å². The minimum absolute atomic E-state index is 0.100. The van der Waals surface area contributed by atoms with Gasteiger partial charge in [0, 0.05) is 16.6 Å². The zero-order valence-electron chi connectivity index (χ0n) is 17.6. The number of esters is 1. The van der Waals surface area contributed by atoms with Gasteiger partial charge in [-0.2, -0.15) is 0 Å². The fraction of sp³-hybridized carbons (Fsp3) is 0.125. The average molecular weight is 566 g/mol. The largest absolute Gasteiger partial charge is 0.456 e. The Hall–Kier alpha value is -3.07. The number of anilines is 2. The number of para-hydroxylation sites is 1. The smallest absolute Gasteiger partial charge is 0.306 e. The van der Waals surface area contributed by atoms with Crippen LogP contribution in [0.1, 0.15) is 12.8 Å². The summed E-state index contributed by atoms with van der Waals surface area (Å²) in [5, 5.41) is 6.06. The highest BCUT2D eigenvalue weighted by molar-refractivity contribution is 9.10. The van der Waals surface area contributed by atoms with Crippen molar-refractivity contribution in [3.8, 4) is 11.5 Å². The van der Waals surface area contributed by atoms with Crippen molar-refractivity contribution in [1.82, 2.24) is 0 Å². The molecule has 0 bridgehead atoms. The van der Waals surface area contributed by atoms with Gasteiger partial charge < -0.3 is 20.1 Å². The Kier molecular flexibility index (Phi) is 9.33. The van der Waals surface area contributed by atoms with E-state index in [0.29, 0.717) is 32.9 Å². The predicted octanol–water partition coefficient (Wildman–Crippen LogP) is 6.45. The minimum Gasteiger partial charge on any atom is -0.456 e. The van der Waals surface area contributed by atoms with Gasteiger partial charge in [0.1, 0.15) is 11.5 Å². The molecular formula is C24H19BrCl2N2O5. The maximum absolute atomic E-state index is 12.1. The van der Waals surface area contributed by atoms with E-state index in [-0.39, 0.29) is 18.7 Å². The molecule has 2 amide bonds.